The standard InChI is InChI=1S/C26H36N4O2.HI/c1-2-6-20(7-3-1)19-30-22-10-11-23(30)17-21(16-22)29-26(28-18-25-9-5-15-32-25)27-13-12-24-8-4-14-31-24;/h1-4,6-8,14,21-23,25H,5,9-13,15-19H2,(H2,27,28,29);1H. The van der Waals surface area contributed by atoms with Gasteiger partial charge in [-0.05, 0) is 56.2 Å². The van der Waals surface area contributed by atoms with Gasteiger partial charge in [0, 0.05) is 44.2 Å². The first-order valence-corrected chi connectivity index (χ1v) is 12.3. The molecule has 0 saturated carbocycles. The number of hydrogen-bond acceptors (Lipinski definition) is 4. The Kier molecular flexibility index (Phi) is 9.09. The molecule has 3 aliphatic rings. The molecule has 7 heteroatoms. The number of aliphatic imine (C=N–C) groups is 1. The molecule has 3 aliphatic heterocycles. The molecule has 33 heavy (non-hydrogen) atoms. The molecule has 0 aliphatic carbocycles. The molecule has 2 aromatic rings. The lowest BCUT2D eigenvalue weighted by molar-refractivity contribution is 0.113. The van der Waals surface area contributed by atoms with Crippen LogP contribution in [-0.4, -0.2) is 54.8 Å². The Hall–Kier alpha value is -1.58. The molecular weight excluding hydrogens is 527 g/mol. The molecule has 1 aromatic carbocycles. The maximum absolute atomic E-state index is 5.79. The summed E-state index contributed by atoms with van der Waals surface area (Å²) in [5.41, 5.74) is 1.43. The molecule has 6 nitrogen and oxygen atoms in total. The number of fused-ring (bicyclic) bond motifs is 2. The van der Waals surface area contributed by atoms with E-state index in [-0.39, 0.29) is 30.1 Å². The van der Waals surface area contributed by atoms with Crippen LogP contribution in [0.3, 0.4) is 0 Å². The second-order valence-corrected chi connectivity index (χ2v) is 9.44. The third-order valence-electron chi connectivity index (χ3n) is 7.15. The maximum Gasteiger partial charge on any atom is 0.191 e. The van der Waals surface area contributed by atoms with E-state index in [1.54, 1.807) is 6.26 Å². The minimum absolute atomic E-state index is 0. The molecule has 0 spiro atoms. The van der Waals surface area contributed by atoms with Crippen LogP contribution in [0.4, 0.5) is 0 Å². The lowest BCUT2D eigenvalue weighted by Crippen LogP contribution is -2.52. The van der Waals surface area contributed by atoms with E-state index in [4.69, 9.17) is 14.1 Å². The Labute approximate surface area is 214 Å². The van der Waals surface area contributed by atoms with Gasteiger partial charge in [0.2, 0.25) is 0 Å². The maximum atomic E-state index is 5.79. The average molecular weight is 565 g/mol. The normalized spacial score (nSPS) is 27.3. The number of rotatable bonds is 8. The number of nitrogens with one attached hydrogen (secondary N) is 2. The summed E-state index contributed by atoms with van der Waals surface area (Å²) < 4.78 is 11.3. The molecule has 2 N–H and O–H groups in total. The van der Waals surface area contributed by atoms with Gasteiger partial charge < -0.3 is 19.8 Å². The number of hydrogen-bond donors (Lipinski definition) is 2. The molecule has 3 saturated heterocycles. The number of ether oxygens (including phenoxy) is 1. The van der Waals surface area contributed by atoms with E-state index in [1.807, 2.05) is 12.1 Å². The van der Waals surface area contributed by atoms with Gasteiger partial charge in [0.25, 0.3) is 0 Å². The fourth-order valence-corrected chi connectivity index (χ4v) is 5.53. The van der Waals surface area contributed by atoms with Gasteiger partial charge in [-0.15, -0.1) is 24.0 Å². The summed E-state index contributed by atoms with van der Waals surface area (Å²) in [6, 6.07) is 16.7. The Bertz CT molecular complexity index is 840. The SMILES string of the molecule is I.c1ccc(CN2C3CCC2CC(NC(=NCC2CCCO2)NCCc2ccco2)C3)cc1. The van der Waals surface area contributed by atoms with Gasteiger partial charge in [-0.1, -0.05) is 30.3 Å². The number of halogens is 1. The minimum atomic E-state index is 0. The third-order valence-corrected chi connectivity index (χ3v) is 7.15. The summed E-state index contributed by atoms with van der Waals surface area (Å²) in [5, 5.41) is 7.31. The van der Waals surface area contributed by atoms with Crippen LogP contribution >= 0.6 is 24.0 Å². The van der Waals surface area contributed by atoms with Gasteiger partial charge in [0.05, 0.1) is 18.9 Å². The molecule has 2 bridgehead atoms. The molecule has 3 fully saturated rings. The smallest absolute Gasteiger partial charge is 0.191 e. The average Bonchev–Trinajstić information content (AvgIpc) is 3.56. The molecule has 0 radical (unpaired) electrons. The summed E-state index contributed by atoms with van der Waals surface area (Å²) in [7, 11) is 0. The highest BCUT2D eigenvalue weighted by Gasteiger charge is 2.40. The zero-order valence-electron chi connectivity index (χ0n) is 19.3. The lowest BCUT2D eigenvalue weighted by Gasteiger charge is -2.39. The predicted octanol–water partition coefficient (Wildman–Crippen LogP) is 4.35. The van der Waals surface area contributed by atoms with Crippen LogP contribution in [0.1, 0.15) is 49.8 Å². The van der Waals surface area contributed by atoms with Crippen LogP contribution in [0.2, 0.25) is 0 Å². The Morgan fingerprint density at radius 1 is 1.03 bits per heavy atom. The van der Waals surface area contributed by atoms with Crippen molar-refractivity contribution >= 4 is 29.9 Å². The van der Waals surface area contributed by atoms with E-state index in [0.29, 0.717) is 18.1 Å². The van der Waals surface area contributed by atoms with E-state index < -0.39 is 0 Å². The van der Waals surface area contributed by atoms with Crippen molar-refractivity contribution in [3.63, 3.8) is 0 Å². The summed E-state index contributed by atoms with van der Waals surface area (Å²) in [4.78, 5) is 7.64. The Morgan fingerprint density at radius 2 is 1.85 bits per heavy atom. The third kappa shape index (κ3) is 6.73. The van der Waals surface area contributed by atoms with Crippen molar-refractivity contribution in [3.8, 4) is 0 Å². The van der Waals surface area contributed by atoms with Crippen LogP contribution in [0, 0.1) is 0 Å². The van der Waals surface area contributed by atoms with Gasteiger partial charge in [-0.2, -0.15) is 0 Å². The summed E-state index contributed by atoms with van der Waals surface area (Å²) >= 11 is 0. The monoisotopic (exact) mass is 564 g/mol. The van der Waals surface area contributed by atoms with Gasteiger partial charge in [-0.3, -0.25) is 9.89 Å². The van der Waals surface area contributed by atoms with Crippen LogP contribution in [0.15, 0.2) is 58.1 Å². The Morgan fingerprint density at radius 3 is 2.55 bits per heavy atom. The predicted molar refractivity (Wildman–Crippen MR) is 142 cm³/mol. The van der Waals surface area contributed by atoms with Crippen LogP contribution in [0.5, 0.6) is 0 Å². The summed E-state index contributed by atoms with van der Waals surface area (Å²) in [5.74, 6) is 1.93. The van der Waals surface area contributed by atoms with Crippen LogP contribution < -0.4 is 10.6 Å². The van der Waals surface area contributed by atoms with Crippen molar-refractivity contribution in [1.82, 2.24) is 15.5 Å². The van der Waals surface area contributed by atoms with E-state index in [2.05, 4.69) is 45.9 Å². The molecule has 0 amide bonds. The highest BCUT2D eigenvalue weighted by molar-refractivity contribution is 14.0. The largest absolute Gasteiger partial charge is 0.469 e. The first-order valence-electron chi connectivity index (χ1n) is 12.3. The number of benzene rings is 1. The van der Waals surface area contributed by atoms with E-state index in [0.717, 1.165) is 57.2 Å². The first-order chi connectivity index (χ1) is 15.8. The summed E-state index contributed by atoms with van der Waals surface area (Å²) in [6.45, 7) is 3.49. The van der Waals surface area contributed by atoms with Crippen molar-refractivity contribution in [1.29, 1.82) is 0 Å². The lowest BCUT2D eigenvalue weighted by atomic mass is 9.96. The van der Waals surface area contributed by atoms with Crippen molar-refractivity contribution in [2.75, 3.05) is 19.7 Å². The number of piperidine rings is 1. The van der Waals surface area contributed by atoms with Crippen molar-refractivity contribution in [3.05, 3.63) is 60.1 Å². The van der Waals surface area contributed by atoms with E-state index in [1.165, 1.54) is 31.2 Å². The molecule has 1 aromatic heterocycles. The second-order valence-electron chi connectivity index (χ2n) is 9.44. The zero-order chi connectivity index (χ0) is 21.6. The van der Waals surface area contributed by atoms with E-state index >= 15 is 0 Å². The molecule has 5 rings (SSSR count). The zero-order valence-corrected chi connectivity index (χ0v) is 21.7. The van der Waals surface area contributed by atoms with E-state index in [9.17, 15) is 0 Å². The minimum Gasteiger partial charge on any atom is -0.469 e. The topological polar surface area (TPSA) is 62.0 Å². The second kappa shape index (κ2) is 12.2. The Balaban J connectivity index is 0.00000259. The van der Waals surface area contributed by atoms with Gasteiger partial charge in [0.1, 0.15) is 5.76 Å². The first kappa shape index (κ1) is 24.5. The molecule has 3 unspecified atom stereocenters. The van der Waals surface area contributed by atoms with Crippen molar-refractivity contribution in [2.45, 2.75) is 75.7 Å². The molecule has 3 atom stereocenters. The molecule has 4 heterocycles. The fraction of sp³-hybridized carbons (Fsp3) is 0.577. The van der Waals surface area contributed by atoms with Gasteiger partial charge in [0.15, 0.2) is 5.96 Å². The highest BCUT2D eigenvalue weighted by atomic mass is 127. The van der Waals surface area contributed by atoms with Crippen LogP contribution in [0.25, 0.3) is 0 Å². The fourth-order valence-electron chi connectivity index (χ4n) is 5.53. The number of furan rings is 1. The molecular formula is C26H37IN4O2. The van der Waals surface area contributed by atoms with Crippen LogP contribution in [-0.2, 0) is 17.7 Å². The van der Waals surface area contributed by atoms with Crippen molar-refractivity contribution in [2.24, 2.45) is 4.99 Å². The van der Waals surface area contributed by atoms with Gasteiger partial charge in [-0.25, -0.2) is 0 Å². The summed E-state index contributed by atoms with van der Waals surface area (Å²) in [6.07, 6.45) is 10.1. The highest BCUT2D eigenvalue weighted by Crippen LogP contribution is 2.36. The van der Waals surface area contributed by atoms with Gasteiger partial charge >= 0.3 is 0 Å². The molecule has 180 valence electrons. The van der Waals surface area contributed by atoms with Crippen molar-refractivity contribution < 1.29 is 9.15 Å². The number of guanidine groups is 1. The quantitative estimate of drug-likeness (QED) is 0.284. The number of nitrogens with zero attached hydrogens (tertiary/aromatic N) is 2.